The number of benzene rings is 1. The molecular weight excluding hydrogens is 276 g/mol. The van der Waals surface area contributed by atoms with Gasteiger partial charge in [-0.1, -0.05) is 12.1 Å². The first-order valence-corrected chi connectivity index (χ1v) is 8.29. The van der Waals surface area contributed by atoms with Crippen molar-refractivity contribution in [2.75, 3.05) is 19.6 Å². The SMILES string of the molecule is Cc1cccc(S(=O)(=O)N2CCN3C(=O)CC[C@@H]3C2)c1. The minimum atomic E-state index is -3.45. The molecule has 0 spiro atoms. The number of fused-ring (bicyclic) bond motifs is 1. The van der Waals surface area contributed by atoms with E-state index in [0.717, 1.165) is 12.0 Å². The minimum absolute atomic E-state index is 0.0517. The fourth-order valence-electron chi connectivity index (χ4n) is 2.98. The van der Waals surface area contributed by atoms with Crippen molar-refractivity contribution in [3.63, 3.8) is 0 Å². The molecule has 1 aromatic rings. The van der Waals surface area contributed by atoms with Crippen molar-refractivity contribution in [2.45, 2.75) is 30.7 Å². The van der Waals surface area contributed by atoms with Crippen LogP contribution in [0, 0.1) is 6.92 Å². The number of piperazine rings is 1. The first kappa shape index (κ1) is 13.6. The first-order chi connectivity index (χ1) is 9.48. The molecule has 0 aliphatic carbocycles. The van der Waals surface area contributed by atoms with E-state index in [1.54, 1.807) is 18.2 Å². The summed E-state index contributed by atoms with van der Waals surface area (Å²) in [5.41, 5.74) is 0.931. The van der Waals surface area contributed by atoms with Crippen LogP contribution in [0.2, 0.25) is 0 Å². The zero-order valence-corrected chi connectivity index (χ0v) is 12.3. The van der Waals surface area contributed by atoms with Crippen LogP contribution in [0.5, 0.6) is 0 Å². The summed E-state index contributed by atoms with van der Waals surface area (Å²) in [6.45, 7) is 3.20. The fourth-order valence-corrected chi connectivity index (χ4v) is 4.55. The molecule has 1 aromatic carbocycles. The average molecular weight is 294 g/mol. The van der Waals surface area contributed by atoms with Gasteiger partial charge in [-0.2, -0.15) is 4.31 Å². The number of carbonyl (C=O) groups is 1. The Morgan fingerprint density at radius 3 is 2.80 bits per heavy atom. The summed E-state index contributed by atoms with van der Waals surface area (Å²) >= 11 is 0. The molecule has 0 radical (unpaired) electrons. The summed E-state index contributed by atoms with van der Waals surface area (Å²) in [5, 5.41) is 0. The number of rotatable bonds is 2. The highest BCUT2D eigenvalue weighted by Crippen LogP contribution is 2.26. The van der Waals surface area contributed by atoms with Gasteiger partial charge >= 0.3 is 0 Å². The zero-order chi connectivity index (χ0) is 14.3. The lowest BCUT2D eigenvalue weighted by atomic mass is 10.2. The maximum atomic E-state index is 12.6. The number of sulfonamides is 1. The molecule has 3 rings (SSSR count). The number of hydrogen-bond donors (Lipinski definition) is 0. The van der Waals surface area contributed by atoms with Crippen LogP contribution in [0.1, 0.15) is 18.4 Å². The van der Waals surface area contributed by atoms with Crippen LogP contribution in [-0.2, 0) is 14.8 Å². The van der Waals surface area contributed by atoms with Gasteiger partial charge in [0.1, 0.15) is 0 Å². The lowest BCUT2D eigenvalue weighted by Gasteiger charge is -2.36. The molecular formula is C14H18N2O3S. The summed E-state index contributed by atoms with van der Waals surface area (Å²) in [7, 11) is -3.45. The Morgan fingerprint density at radius 2 is 2.05 bits per heavy atom. The van der Waals surface area contributed by atoms with Gasteiger partial charge in [0.15, 0.2) is 0 Å². The maximum absolute atomic E-state index is 12.6. The number of nitrogens with zero attached hydrogens (tertiary/aromatic N) is 2. The van der Waals surface area contributed by atoms with Gasteiger partial charge < -0.3 is 4.90 Å². The highest BCUT2D eigenvalue weighted by atomic mass is 32.2. The standard InChI is InChI=1S/C14H18N2O3S/c1-11-3-2-4-13(9-11)20(18,19)15-7-8-16-12(10-15)5-6-14(16)17/h2-4,9,12H,5-8,10H2,1H3/t12-/m1/s1. The Bertz CT molecular complexity index is 642. The maximum Gasteiger partial charge on any atom is 0.243 e. The second-order valence-electron chi connectivity index (χ2n) is 5.46. The molecule has 2 heterocycles. The number of hydrogen-bond acceptors (Lipinski definition) is 3. The average Bonchev–Trinajstić information content (AvgIpc) is 2.80. The second kappa shape index (κ2) is 4.86. The molecule has 6 heteroatoms. The normalized spacial score (nSPS) is 23.9. The lowest BCUT2D eigenvalue weighted by Crippen LogP contribution is -2.53. The van der Waals surface area contributed by atoms with Crippen LogP contribution in [0.3, 0.4) is 0 Å². The van der Waals surface area contributed by atoms with Crippen molar-refractivity contribution in [1.29, 1.82) is 0 Å². The predicted octanol–water partition coefficient (Wildman–Crippen LogP) is 0.990. The molecule has 0 unspecified atom stereocenters. The summed E-state index contributed by atoms with van der Waals surface area (Å²) < 4.78 is 26.8. The highest BCUT2D eigenvalue weighted by Gasteiger charge is 2.39. The van der Waals surface area contributed by atoms with E-state index in [-0.39, 0.29) is 11.9 Å². The number of amides is 1. The van der Waals surface area contributed by atoms with Gasteiger partial charge in [-0.3, -0.25) is 4.79 Å². The van der Waals surface area contributed by atoms with Crippen LogP contribution in [-0.4, -0.2) is 49.2 Å². The summed E-state index contributed by atoms with van der Waals surface area (Å²) in [6, 6.07) is 7.02. The fraction of sp³-hybridized carbons (Fsp3) is 0.500. The Kier molecular flexibility index (Phi) is 3.30. The molecule has 0 bridgehead atoms. The molecule has 2 saturated heterocycles. The Hall–Kier alpha value is -1.40. The topological polar surface area (TPSA) is 57.7 Å². The van der Waals surface area contributed by atoms with Crippen LogP contribution in [0.25, 0.3) is 0 Å². The Morgan fingerprint density at radius 1 is 1.25 bits per heavy atom. The van der Waals surface area contributed by atoms with Crippen molar-refractivity contribution < 1.29 is 13.2 Å². The molecule has 2 fully saturated rings. The van der Waals surface area contributed by atoms with E-state index >= 15 is 0 Å². The largest absolute Gasteiger partial charge is 0.337 e. The minimum Gasteiger partial charge on any atom is -0.337 e. The highest BCUT2D eigenvalue weighted by molar-refractivity contribution is 7.89. The second-order valence-corrected chi connectivity index (χ2v) is 7.40. The van der Waals surface area contributed by atoms with Crippen LogP contribution in [0.15, 0.2) is 29.2 Å². The smallest absolute Gasteiger partial charge is 0.243 e. The quantitative estimate of drug-likeness (QED) is 0.817. The van der Waals surface area contributed by atoms with E-state index in [1.165, 1.54) is 4.31 Å². The third-order valence-corrected chi connectivity index (χ3v) is 5.95. The molecule has 1 atom stereocenters. The molecule has 20 heavy (non-hydrogen) atoms. The Labute approximate surface area is 119 Å². The predicted molar refractivity (Wildman–Crippen MR) is 74.7 cm³/mol. The summed E-state index contributed by atoms with van der Waals surface area (Å²) in [6.07, 6.45) is 1.31. The van der Waals surface area contributed by atoms with Gasteiger partial charge in [0.05, 0.1) is 4.90 Å². The molecule has 0 N–H and O–H groups in total. The van der Waals surface area contributed by atoms with E-state index in [9.17, 15) is 13.2 Å². The molecule has 0 aromatic heterocycles. The van der Waals surface area contributed by atoms with Gasteiger partial charge in [0.2, 0.25) is 15.9 Å². The van der Waals surface area contributed by atoms with Crippen LogP contribution in [0.4, 0.5) is 0 Å². The zero-order valence-electron chi connectivity index (χ0n) is 11.4. The van der Waals surface area contributed by atoms with Gasteiger partial charge in [0.25, 0.3) is 0 Å². The van der Waals surface area contributed by atoms with Crippen molar-refractivity contribution in [3.05, 3.63) is 29.8 Å². The van der Waals surface area contributed by atoms with E-state index in [1.807, 2.05) is 17.9 Å². The monoisotopic (exact) mass is 294 g/mol. The van der Waals surface area contributed by atoms with Crippen molar-refractivity contribution >= 4 is 15.9 Å². The third-order valence-electron chi connectivity index (χ3n) is 4.08. The van der Waals surface area contributed by atoms with Gasteiger partial charge in [0, 0.05) is 32.1 Å². The van der Waals surface area contributed by atoms with Gasteiger partial charge in [-0.15, -0.1) is 0 Å². The van der Waals surface area contributed by atoms with E-state index < -0.39 is 10.0 Å². The molecule has 5 nitrogen and oxygen atoms in total. The van der Waals surface area contributed by atoms with E-state index in [4.69, 9.17) is 0 Å². The third kappa shape index (κ3) is 2.23. The van der Waals surface area contributed by atoms with E-state index in [2.05, 4.69) is 0 Å². The van der Waals surface area contributed by atoms with Crippen LogP contribution < -0.4 is 0 Å². The molecule has 108 valence electrons. The first-order valence-electron chi connectivity index (χ1n) is 6.85. The van der Waals surface area contributed by atoms with Crippen LogP contribution >= 0.6 is 0 Å². The number of carbonyl (C=O) groups excluding carboxylic acids is 1. The Balaban J connectivity index is 1.84. The van der Waals surface area contributed by atoms with Gasteiger partial charge in [-0.25, -0.2) is 8.42 Å². The lowest BCUT2D eigenvalue weighted by molar-refractivity contribution is -0.130. The van der Waals surface area contributed by atoms with E-state index in [0.29, 0.717) is 31.0 Å². The summed E-state index contributed by atoms with van der Waals surface area (Å²) in [5.74, 6) is 0.155. The summed E-state index contributed by atoms with van der Waals surface area (Å²) in [4.78, 5) is 13.8. The molecule has 0 saturated carbocycles. The van der Waals surface area contributed by atoms with Crippen molar-refractivity contribution in [2.24, 2.45) is 0 Å². The number of aryl methyl sites for hydroxylation is 1. The van der Waals surface area contributed by atoms with Crippen molar-refractivity contribution in [3.8, 4) is 0 Å². The molecule has 2 aliphatic heterocycles. The molecule has 1 amide bonds. The molecule has 2 aliphatic rings. The van der Waals surface area contributed by atoms with Crippen molar-refractivity contribution in [1.82, 2.24) is 9.21 Å². The van der Waals surface area contributed by atoms with Gasteiger partial charge in [-0.05, 0) is 31.0 Å².